The van der Waals surface area contributed by atoms with Gasteiger partial charge in [-0.25, -0.2) is 0 Å². The molecule has 0 spiro atoms. The van der Waals surface area contributed by atoms with Crippen LogP contribution < -0.4 is 0 Å². The van der Waals surface area contributed by atoms with Crippen molar-refractivity contribution in [2.75, 3.05) is 45.9 Å². The number of piperidine rings is 1. The topological polar surface area (TPSA) is 32.8 Å². The number of hydrogen-bond donors (Lipinski definition) is 0. The van der Waals surface area contributed by atoms with Crippen molar-refractivity contribution in [3.05, 3.63) is 40.9 Å². The lowest BCUT2D eigenvalue weighted by molar-refractivity contribution is -0.134. The molecule has 0 unspecified atom stereocenters. The molecule has 2 heterocycles. The van der Waals surface area contributed by atoms with Crippen LogP contribution in [0.15, 0.2) is 30.3 Å². The number of carbonyl (C=O) groups is 1. The smallest absolute Gasteiger partial charge is 0.236 e. The molecule has 5 heteroatoms. The molecule has 0 aromatic heterocycles. The lowest BCUT2D eigenvalue weighted by Gasteiger charge is -2.33. The summed E-state index contributed by atoms with van der Waals surface area (Å²) < 4.78 is 5.33. The van der Waals surface area contributed by atoms with Gasteiger partial charge in [0.15, 0.2) is 0 Å². The van der Waals surface area contributed by atoms with Gasteiger partial charge in [-0.2, -0.15) is 0 Å². The molecule has 0 N–H and O–H groups in total. The fourth-order valence-corrected chi connectivity index (χ4v) is 3.44. The SMILES string of the molecule is O=C(CN1CCOCC1)N1CCC(C=Cc2ccccc2Cl)CC1. The minimum atomic E-state index is 0.255. The van der Waals surface area contributed by atoms with E-state index in [2.05, 4.69) is 17.1 Å². The normalized spacial score (nSPS) is 20.6. The minimum Gasteiger partial charge on any atom is -0.379 e. The maximum atomic E-state index is 12.4. The van der Waals surface area contributed by atoms with Crippen molar-refractivity contribution in [1.82, 2.24) is 9.80 Å². The van der Waals surface area contributed by atoms with E-state index < -0.39 is 0 Å². The van der Waals surface area contributed by atoms with E-state index in [1.807, 2.05) is 29.2 Å². The van der Waals surface area contributed by atoms with Crippen LogP contribution in [0.2, 0.25) is 5.02 Å². The van der Waals surface area contributed by atoms with Gasteiger partial charge >= 0.3 is 0 Å². The predicted octanol–water partition coefficient (Wildman–Crippen LogP) is 2.92. The van der Waals surface area contributed by atoms with Gasteiger partial charge in [0.05, 0.1) is 19.8 Å². The van der Waals surface area contributed by atoms with Crippen LogP contribution in [0.4, 0.5) is 0 Å². The molecule has 0 bridgehead atoms. The zero-order valence-corrected chi connectivity index (χ0v) is 14.8. The van der Waals surface area contributed by atoms with Crippen LogP contribution in [0.25, 0.3) is 6.08 Å². The van der Waals surface area contributed by atoms with Gasteiger partial charge in [-0.1, -0.05) is 42.0 Å². The predicted molar refractivity (Wildman–Crippen MR) is 97.0 cm³/mol. The lowest BCUT2D eigenvalue weighted by atomic mass is 9.95. The summed E-state index contributed by atoms with van der Waals surface area (Å²) in [6.45, 7) is 5.43. The van der Waals surface area contributed by atoms with Crippen LogP contribution in [-0.4, -0.2) is 61.6 Å². The van der Waals surface area contributed by atoms with Crippen molar-refractivity contribution in [2.24, 2.45) is 5.92 Å². The van der Waals surface area contributed by atoms with E-state index in [9.17, 15) is 4.79 Å². The molecule has 1 amide bonds. The van der Waals surface area contributed by atoms with Gasteiger partial charge in [0.2, 0.25) is 5.91 Å². The number of ether oxygens (including phenoxy) is 1. The molecule has 2 aliphatic heterocycles. The van der Waals surface area contributed by atoms with Gasteiger partial charge in [-0.15, -0.1) is 0 Å². The van der Waals surface area contributed by atoms with Crippen molar-refractivity contribution in [3.8, 4) is 0 Å². The average Bonchev–Trinajstić information content (AvgIpc) is 2.62. The first kappa shape index (κ1) is 17.5. The van der Waals surface area contributed by atoms with Crippen molar-refractivity contribution in [1.29, 1.82) is 0 Å². The molecule has 2 saturated heterocycles. The number of hydrogen-bond acceptors (Lipinski definition) is 3. The number of morpholine rings is 1. The van der Waals surface area contributed by atoms with Gasteiger partial charge in [0.1, 0.15) is 0 Å². The third-order valence-electron chi connectivity index (χ3n) is 4.81. The highest BCUT2D eigenvalue weighted by molar-refractivity contribution is 6.32. The second kappa shape index (κ2) is 8.65. The number of carbonyl (C=O) groups excluding carboxylic acids is 1. The molecule has 0 atom stereocenters. The Hall–Kier alpha value is -1.36. The largest absolute Gasteiger partial charge is 0.379 e. The Labute approximate surface area is 149 Å². The van der Waals surface area contributed by atoms with Crippen LogP contribution in [0, 0.1) is 5.92 Å². The summed E-state index contributed by atoms with van der Waals surface area (Å²) in [5.41, 5.74) is 1.06. The standard InChI is InChI=1S/C19H25ClN2O2/c20-18-4-2-1-3-17(18)6-5-16-7-9-22(10-8-16)19(23)15-21-11-13-24-14-12-21/h1-6,16H,7-15H2. The Morgan fingerprint density at radius 3 is 2.58 bits per heavy atom. The minimum absolute atomic E-state index is 0.255. The second-order valence-corrected chi connectivity index (χ2v) is 6.89. The molecule has 1 aromatic carbocycles. The Bertz CT molecular complexity index is 576. The summed E-state index contributed by atoms with van der Waals surface area (Å²) in [6, 6.07) is 7.88. The molecule has 24 heavy (non-hydrogen) atoms. The van der Waals surface area contributed by atoms with Crippen LogP contribution >= 0.6 is 11.6 Å². The Morgan fingerprint density at radius 1 is 1.17 bits per heavy atom. The van der Waals surface area contributed by atoms with E-state index in [0.717, 1.165) is 62.8 Å². The lowest BCUT2D eigenvalue weighted by Crippen LogP contribution is -2.46. The van der Waals surface area contributed by atoms with Crippen molar-refractivity contribution in [3.63, 3.8) is 0 Å². The summed E-state index contributed by atoms with van der Waals surface area (Å²) in [5.74, 6) is 0.777. The summed E-state index contributed by atoms with van der Waals surface area (Å²) in [7, 11) is 0. The van der Waals surface area contributed by atoms with E-state index in [4.69, 9.17) is 16.3 Å². The Kier molecular flexibility index (Phi) is 6.30. The molecule has 2 fully saturated rings. The molecule has 0 saturated carbocycles. The zero-order chi connectivity index (χ0) is 16.8. The quantitative estimate of drug-likeness (QED) is 0.838. The van der Waals surface area contributed by atoms with E-state index in [-0.39, 0.29) is 5.91 Å². The van der Waals surface area contributed by atoms with Crippen molar-refractivity contribution < 1.29 is 9.53 Å². The zero-order valence-electron chi connectivity index (χ0n) is 14.0. The molecule has 1 aromatic rings. The highest BCUT2D eigenvalue weighted by Crippen LogP contribution is 2.22. The number of rotatable bonds is 4. The van der Waals surface area contributed by atoms with Crippen LogP contribution in [0.1, 0.15) is 18.4 Å². The third kappa shape index (κ3) is 4.82. The molecule has 0 radical (unpaired) electrons. The third-order valence-corrected chi connectivity index (χ3v) is 5.15. The van der Waals surface area contributed by atoms with E-state index in [1.54, 1.807) is 0 Å². The van der Waals surface area contributed by atoms with Crippen LogP contribution in [0.5, 0.6) is 0 Å². The van der Waals surface area contributed by atoms with Gasteiger partial charge < -0.3 is 9.64 Å². The van der Waals surface area contributed by atoms with E-state index in [1.165, 1.54) is 0 Å². The number of likely N-dealkylation sites (tertiary alicyclic amines) is 1. The molecule has 3 rings (SSSR count). The Balaban J connectivity index is 1.45. The summed E-state index contributed by atoms with van der Waals surface area (Å²) in [6.07, 6.45) is 6.40. The van der Waals surface area contributed by atoms with E-state index >= 15 is 0 Å². The fourth-order valence-electron chi connectivity index (χ4n) is 3.24. The van der Waals surface area contributed by atoms with Crippen molar-refractivity contribution >= 4 is 23.6 Å². The number of allylic oxidation sites excluding steroid dienone is 1. The molecule has 4 nitrogen and oxygen atoms in total. The number of benzene rings is 1. The van der Waals surface area contributed by atoms with Crippen LogP contribution in [0.3, 0.4) is 0 Å². The number of nitrogens with zero attached hydrogens (tertiary/aromatic N) is 2. The molecule has 0 aliphatic carbocycles. The first-order chi connectivity index (χ1) is 11.7. The molecular weight excluding hydrogens is 324 g/mol. The summed E-state index contributed by atoms with van der Waals surface area (Å²) in [5, 5.41) is 0.784. The number of amides is 1. The highest BCUT2D eigenvalue weighted by Gasteiger charge is 2.23. The fraction of sp³-hybridized carbons (Fsp3) is 0.526. The maximum absolute atomic E-state index is 12.4. The van der Waals surface area contributed by atoms with Gasteiger partial charge in [-0.05, 0) is 30.4 Å². The monoisotopic (exact) mass is 348 g/mol. The molecular formula is C19H25ClN2O2. The highest BCUT2D eigenvalue weighted by atomic mass is 35.5. The first-order valence-corrected chi connectivity index (χ1v) is 9.11. The van der Waals surface area contributed by atoms with E-state index in [0.29, 0.717) is 12.5 Å². The molecule has 2 aliphatic rings. The van der Waals surface area contributed by atoms with Crippen LogP contribution in [-0.2, 0) is 9.53 Å². The average molecular weight is 349 g/mol. The van der Waals surface area contributed by atoms with Gasteiger partial charge in [0.25, 0.3) is 0 Å². The number of halogens is 1. The summed E-state index contributed by atoms with van der Waals surface area (Å²) >= 11 is 6.18. The Morgan fingerprint density at radius 2 is 1.88 bits per heavy atom. The summed E-state index contributed by atoms with van der Waals surface area (Å²) in [4.78, 5) is 16.6. The van der Waals surface area contributed by atoms with Gasteiger partial charge in [-0.3, -0.25) is 9.69 Å². The first-order valence-electron chi connectivity index (χ1n) is 8.73. The maximum Gasteiger partial charge on any atom is 0.236 e. The van der Waals surface area contributed by atoms with Gasteiger partial charge in [0, 0.05) is 31.2 Å². The van der Waals surface area contributed by atoms with Crippen molar-refractivity contribution in [2.45, 2.75) is 12.8 Å². The molecule has 130 valence electrons. The second-order valence-electron chi connectivity index (χ2n) is 6.49.